The highest BCUT2D eigenvalue weighted by Gasteiger charge is 2.23. The van der Waals surface area contributed by atoms with E-state index in [0.717, 1.165) is 28.0 Å². The Morgan fingerprint density at radius 1 is 1.30 bits per heavy atom. The number of hydrogen-bond acceptors (Lipinski definition) is 7. The van der Waals surface area contributed by atoms with Gasteiger partial charge in [0.25, 0.3) is 5.89 Å². The third-order valence-corrected chi connectivity index (χ3v) is 5.53. The predicted molar refractivity (Wildman–Crippen MR) is 81.8 cm³/mol. The van der Waals surface area contributed by atoms with E-state index in [0.29, 0.717) is 16.3 Å². The van der Waals surface area contributed by atoms with Crippen molar-refractivity contribution in [2.24, 2.45) is 0 Å². The Labute approximate surface area is 123 Å². The average Bonchev–Trinajstić information content (AvgIpc) is 3.17. The first kappa shape index (κ1) is 12.2. The Balaban J connectivity index is 1.71. The van der Waals surface area contributed by atoms with Gasteiger partial charge in [0.05, 0.1) is 15.5 Å². The minimum atomic E-state index is 0.385. The standard InChI is InChI=1S/C13H12N4OS2/c14-13-15-8-4-3-7(6-10(8)20-13)12-16-11(17-18-12)9-2-1-5-19-9/h3-4,6,9H,1-2,5H2,(H2,14,15). The fraction of sp³-hybridized carbons (Fsp3) is 0.308. The van der Waals surface area contributed by atoms with Crippen molar-refractivity contribution in [2.75, 3.05) is 11.5 Å². The lowest BCUT2D eigenvalue weighted by Crippen LogP contribution is -1.91. The largest absolute Gasteiger partial charge is 0.375 e. The molecule has 2 aromatic heterocycles. The zero-order valence-electron chi connectivity index (χ0n) is 10.6. The number of nitrogen functional groups attached to an aromatic ring is 1. The normalized spacial score (nSPS) is 18.9. The second kappa shape index (κ2) is 4.75. The summed E-state index contributed by atoms with van der Waals surface area (Å²) < 4.78 is 6.43. The molecule has 0 saturated carbocycles. The molecule has 1 atom stereocenters. The second-order valence-corrected chi connectivity index (χ2v) is 7.07. The molecule has 0 spiro atoms. The molecule has 20 heavy (non-hydrogen) atoms. The van der Waals surface area contributed by atoms with Crippen molar-refractivity contribution in [3.05, 3.63) is 24.0 Å². The van der Waals surface area contributed by atoms with Gasteiger partial charge in [0.2, 0.25) is 0 Å². The smallest absolute Gasteiger partial charge is 0.258 e. The van der Waals surface area contributed by atoms with Crippen LogP contribution in [0, 0.1) is 0 Å². The molecule has 3 aromatic rings. The lowest BCUT2D eigenvalue weighted by atomic mass is 10.2. The Hall–Kier alpha value is -1.60. The van der Waals surface area contributed by atoms with Crippen LogP contribution >= 0.6 is 23.1 Å². The molecular formula is C13H12N4OS2. The second-order valence-electron chi connectivity index (χ2n) is 4.69. The van der Waals surface area contributed by atoms with E-state index in [4.69, 9.17) is 10.3 Å². The lowest BCUT2D eigenvalue weighted by Gasteiger charge is -1.99. The highest BCUT2D eigenvalue weighted by atomic mass is 32.2. The van der Waals surface area contributed by atoms with Crippen LogP contribution in [0.5, 0.6) is 0 Å². The van der Waals surface area contributed by atoms with Gasteiger partial charge in [-0.3, -0.25) is 0 Å². The summed E-state index contributed by atoms with van der Waals surface area (Å²) in [4.78, 5) is 8.77. The van der Waals surface area contributed by atoms with E-state index < -0.39 is 0 Å². The van der Waals surface area contributed by atoms with Crippen LogP contribution in [-0.4, -0.2) is 20.9 Å². The van der Waals surface area contributed by atoms with Crippen molar-refractivity contribution in [3.8, 4) is 11.5 Å². The molecule has 1 aliphatic heterocycles. The minimum absolute atomic E-state index is 0.385. The zero-order valence-corrected chi connectivity index (χ0v) is 12.2. The summed E-state index contributed by atoms with van der Waals surface area (Å²) >= 11 is 3.37. The van der Waals surface area contributed by atoms with Crippen LogP contribution in [0.1, 0.15) is 23.9 Å². The highest BCUT2D eigenvalue weighted by molar-refractivity contribution is 7.99. The van der Waals surface area contributed by atoms with Gasteiger partial charge in [-0.15, -0.1) is 0 Å². The molecule has 1 saturated heterocycles. The molecule has 1 aromatic carbocycles. The molecule has 3 heterocycles. The summed E-state index contributed by atoms with van der Waals surface area (Å²) in [5.41, 5.74) is 7.54. The first-order chi connectivity index (χ1) is 9.79. The number of anilines is 1. The van der Waals surface area contributed by atoms with Gasteiger partial charge >= 0.3 is 0 Å². The van der Waals surface area contributed by atoms with Gasteiger partial charge < -0.3 is 10.3 Å². The van der Waals surface area contributed by atoms with E-state index in [1.165, 1.54) is 23.5 Å². The number of thiazole rings is 1. The van der Waals surface area contributed by atoms with E-state index in [1.807, 2.05) is 30.0 Å². The summed E-state index contributed by atoms with van der Waals surface area (Å²) in [6.07, 6.45) is 2.36. The number of benzene rings is 1. The van der Waals surface area contributed by atoms with Crippen LogP contribution in [0.4, 0.5) is 5.13 Å². The highest BCUT2D eigenvalue weighted by Crippen LogP contribution is 2.39. The number of aromatic nitrogens is 3. The van der Waals surface area contributed by atoms with Crippen LogP contribution in [0.3, 0.4) is 0 Å². The third-order valence-electron chi connectivity index (χ3n) is 3.31. The van der Waals surface area contributed by atoms with E-state index >= 15 is 0 Å². The average molecular weight is 304 g/mol. The number of thioether (sulfide) groups is 1. The molecule has 2 N–H and O–H groups in total. The first-order valence-corrected chi connectivity index (χ1v) is 8.28. The molecule has 0 bridgehead atoms. The number of fused-ring (bicyclic) bond motifs is 1. The fourth-order valence-corrected chi connectivity index (χ4v) is 4.31. The van der Waals surface area contributed by atoms with Crippen molar-refractivity contribution in [3.63, 3.8) is 0 Å². The van der Waals surface area contributed by atoms with Crippen LogP contribution < -0.4 is 5.73 Å². The third kappa shape index (κ3) is 2.06. The predicted octanol–water partition coefficient (Wildman–Crippen LogP) is 3.50. The Morgan fingerprint density at radius 2 is 2.25 bits per heavy atom. The fourth-order valence-electron chi connectivity index (χ4n) is 2.34. The molecule has 0 amide bonds. The lowest BCUT2D eigenvalue weighted by molar-refractivity contribution is 0.421. The maximum Gasteiger partial charge on any atom is 0.258 e. The zero-order chi connectivity index (χ0) is 13.5. The number of hydrogen-bond donors (Lipinski definition) is 1. The van der Waals surface area contributed by atoms with Crippen LogP contribution in [0.2, 0.25) is 0 Å². The summed E-state index contributed by atoms with van der Waals surface area (Å²) in [6, 6.07) is 5.88. The van der Waals surface area contributed by atoms with Crippen molar-refractivity contribution < 1.29 is 4.52 Å². The van der Waals surface area contributed by atoms with Gasteiger partial charge in [-0.1, -0.05) is 16.5 Å². The van der Waals surface area contributed by atoms with Crippen molar-refractivity contribution in [1.82, 2.24) is 15.1 Å². The van der Waals surface area contributed by atoms with Gasteiger partial charge in [0.15, 0.2) is 11.0 Å². The van der Waals surface area contributed by atoms with Crippen molar-refractivity contribution >= 4 is 38.4 Å². The van der Waals surface area contributed by atoms with Gasteiger partial charge in [-0.2, -0.15) is 16.7 Å². The SMILES string of the molecule is Nc1nc2ccc(-c3nc(C4CCCS4)no3)cc2s1. The summed E-state index contributed by atoms with van der Waals surface area (Å²) in [5.74, 6) is 2.56. The molecule has 1 fully saturated rings. The molecule has 1 aliphatic rings. The van der Waals surface area contributed by atoms with Crippen molar-refractivity contribution in [1.29, 1.82) is 0 Å². The molecular weight excluding hydrogens is 292 g/mol. The maximum absolute atomic E-state index is 5.72. The molecule has 7 heteroatoms. The molecule has 1 unspecified atom stereocenters. The topological polar surface area (TPSA) is 77.8 Å². The maximum atomic E-state index is 5.72. The van der Waals surface area contributed by atoms with Gasteiger partial charge in [0.1, 0.15) is 0 Å². The van der Waals surface area contributed by atoms with E-state index in [1.54, 1.807) is 0 Å². The monoisotopic (exact) mass is 304 g/mol. The Bertz CT molecular complexity index is 761. The van der Waals surface area contributed by atoms with E-state index in [9.17, 15) is 0 Å². The summed E-state index contributed by atoms with van der Waals surface area (Å²) in [7, 11) is 0. The van der Waals surface area contributed by atoms with Gasteiger partial charge in [-0.05, 0) is 36.8 Å². The van der Waals surface area contributed by atoms with E-state index in [2.05, 4.69) is 15.1 Å². The van der Waals surface area contributed by atoms with Crippen LogP contribution in [0.15, 0.2) is 22.7 Å². The van der Waals surface area contributed by atoms with Crippen molar-refractivity contribution in [2.45, 2.75) is 18.1 Å². The van der Waals surface area contributed by atoms with Crippen LogP contribution in [0.25, 0.3) is 21.7 Å². The molecule has 102 valence electrons. The Kier molecular flexibility index (Phi) is 2.89. The van der Waals surface area contributed by atoms with E-state index in [-0.39, 0.29) is 0 Å². The molecule has 5 nitrogen and oxygen atoms in total. The number of nitrogens with two attached hydrogens (primary N) is 1. The summed E-state index contributed by atoms with van der Waals surface area (Å²) in [6.45, 7) is 0. The van der Waals surface area contributed by atoms with Gasteiger partial charge in [0, 0.05) is 5.56 Å². The Morgan fingerprint density at radius 3 is 3.10 bits per heavy atom. The minimum Gasteiger partial charge on any atom is -0.375 e. The number of rotatable bonds is 2. The summed E-state index contributed by atoms with van der Waals surface area (Å²) in [5, 5.41) is 5.08. The molecule has 4 rings (SSSR count). The number of nitrogens with zero attached hydrogens (tertiary/aromatic N) is 3. The molecule has 0 aliphatic carbocycles. The molecule has 0 radical (unpaired) electrons. The van der Waals surface area contributed by atoms with Crippen LogP contribution in [-0.2, 0) is 0 Å². The first-order valence-electron chi connectivity index (χ1n) is 6.41. The van der Waals surface area contributed by atoms with Gasteiger partial charge in [-0.25, -0.2) is 4.98 Å². The quantitative estimate of drug-likeness (QED) is 0.780.